The summed E-state index contributed by atoms with van der Waals surface area (Å²) in [6.45, 7) is 17.3. The maximum Gasteiger partial charge on any atom is 0.230 e. The summed E-state index contributed by atoms with van der Waals surface area (Å²) < 4.78 is 0. The van der Waals surface area contributed by atoms with E-state index in [0.717, 1.165) is 19.3 Å². The van der Waals surface area contributed by atoms with Gasteiger partial charge in [-0.15, -0.1) is 0 Å². The van der Waals surface area contributed by atoms with E-state index >= 15 is 0 Å². The van der Waals surface area contributed by atoms with Gasteiger partial charge in [-0.3, -0.25) is 0 Å². The number of hydrogen-bond donors (Lipinski definition) is 0. The topological polar surface area (TPSA) is 4.36 Å². The minimum Gasteiger partial charge on any atom is -0.311 e. The largest absolute Gasteiger partial charge is 0.311 e. The van der Waals surface area contributed by atoms with Crippen LogP contribution in [0.5, 0.6) is 0 Å². The molecule has 0 aliphatic heterocycles. The van der Waals surface area contributed by atoms with E-state index in [1.165, 1.54) is 17.6 Å². The normalized spacial score (nSPS) is 21.7. The second-order valence-electron chi connectivity index (χ2n) is 5.28. The Labute approximate surface area is 93.7 Å². The highest BCUT2D eigenvalue weighted by atomic mass is 14.8. The number of rotatable bonds is 3. The first-order chi connectivity index (χ1) is 6.94. The van der Waals surface area contributed by atoms with Crippen molar-refractivity contribution in [3.63, 3.8) is 0 Å². The van der Waals surface area contributed by atoms with Gasteiger partial charge in [0.15, 0.2) is 0 Å². The zero-order valence-corrected chi connectivity index (χ0v) is 10.1. The fraction of sp³-hybridized carbons (Fsp3) is 0.643. The van der Waals surface area contributed by atoms with Crippen LogP contribution in [-0.4, -0.2) is 5.54 Å². The first-order valence-electron chi connectivity index (χ1n) is 5.66. The third kappa shape index (κ3) is 3.55. The molecule has 1 rings (SSSR count). The lowest BCUT2D eigenvalue weighted by atomic mass is 9.82. The molecule has 0 radical (unpaired) electrons. The third-order valence-electron chi connectivity index (χ3n) is 3.16. The maximum atomic E-state index is 7.12. The first-order valence-corrected chi connectivity index (χ1v) is 5.66. The molecule has 0 unspecified atom stereocenters. The zero-order valence-electron chi connectivity index (χ0n) is 10.1. The molecule has 82 valence electrons. The van der Waals surface area contributed by atoms with Gasteiger partial charge in [-0.2, -0.15) is 0 Å². The minimum atomic E-state index is -0.220. The van der Waals surface area contributed by atoms with Crippen LogP contribution >= 0.6 is 0 Å². The van der Waals surface area contributed by atoms with E-state index in [4.69, 9.17) is 6.57 Å². The Morgan fingerprint density at radius 1 is 1.67 bits per heavy atom. The Bertz CT molecular complexity index is 315. The molecule has 0 heterocycles. The molecule has 1 nitrogen and oxygen atoms in total. The molecule has 0 aromatic heterocycles. The molecular weight excluding hydrogens is 182 g/mol. The number of hydrogen-bond acceptors (Lipinski definition) is 0. The van der Waals surface area contributed by atoms with Crippen LogP contribution in [0.25, 0.3) is 4.85 Å². The molecule has 0 fully saturated rings. The van der Waals surface area contributed by atoms with E-state index in [1.807, 2.05) is 13.8 Å². The average Bonchev–Trinajstić information content (AvgIpc) is 2.18. The lowest BCUT2D eigenvalue weighted by Crippen LogP contribution is -2.17. The summed E-state index contributed by atoms with van der Waals surface area (Å²) >= 11 is 0. The molecule has 0 aromatic rings. The van der Waals surface area contributed by atoms with E-state index < -0.39 is 0 Å². The highest BCUT2D eigenvalue weighted by Crippen LogP contribution is 2.32. The van der Waals surface area contributed by atoms with Crippen molar-refractivity contribution in [1.82, 2.24) is 0 Å². The van der Waals surface area contributed by atoms with Crippen LogP contribution in [0.15, 0.2) is 23.8 Å². The predicted molar refractivity (Wildman–Crippen MR) is 65.5 cm³/mol. The zero-order chi connectivity index (χ0) is 11.5. The summed E-state index contributed by atoms with van der Waals surface area (Å²) in [5.41, 5.74) is 2.55. The Morgan fingerprint density at radius 2 is 2.33 bits per heavy atom. The Kier molecular flexibility index (Phi) is 3.74. The molecule has 1 heteroatoms. The van der Waals surface area contributed by atoms with Gasteiger partial charge in [0, 0.05) is 20.3 Å². The van der Waals surface area contributed by atoms with Crippen molar-refractivity contribution in [3.05, 3.63) is 35.2 Å². The summed E-state index contributed by atoms with van der Waals surface area (Å²) in [6.07, 6.45) is 6.75. The Balaban J connectivity index is 2.55. The molecule has 0 bridgehead atoms. The SMILES string of the molecule is [C-]#[N+]C(C)(C)CC1=CC[C@@H](C(=C)C)CC1. The van der Waals surface area contributed by atoms with Crippen LogP contribution in [0.2, 0.25) is 0 Å². The highest BCUT2D eigenvalue weighted by Gasteiger charge is 2.26. The number of allylic oxidation sites excluding steroid dienone is 2. The summed E-state index contributed by atoms with van der Waals surface area (Å²) in [5.74, 6) is 0.671. The molecular formula is C14H21N. The van der Waals surface area contributed by atoms with Crippen molar-refractivity contribution in [1.29, 1.82) is 0 Å². The van der Waals surface area contributed by atoms with Gasteiger partial charge in [0.1, 0.15) is 0 Å². The van der Waals surface area contributed by atoms with Gasteiger partial charge >= 0.3 is 0 Å². The quantitative estimate of drug-likeness (QED) is 0.473. The van der Waals surface area contributed by atoms with Crippen molar-refractivity contribution in [2.75, 3.05) is 0 Å². The van der Waals surface area contributed by atoms with Crippen molar-refractivity contribution in [2.45, 2.75) is 52.0 Å². The minimum absolute atomic E-state index is 0.220. The van der Waals surface area contributed by atoms with Gasteiger partial charge in [0.2, 0.25) is 5.54 Å². The lowest BCUT2D eigenvalue weighted by molar-refractivity contribution is 0.505. The summed E-state index contributed by atoms with van der Waals surface area (Å²) in [5, 5.41) is 0. The van der Waals surface area contributed by atoms with Gasteiger partial charge < -0.3 is 4.85 Å². The molecule has 1 aliphatic rings. The fourth-order valence-corrected chi connectivity index (χ4v) is 2.09. The van der Waals surface area contributed by atoms with Gasteiger partial charge in [-0.1, -0.05) is 23.8 Å². The lowest BCUT2D eigenvalue weighted by Gasteiger charge is -2.23. The van der Waals surface area contributed by atoms with Crippen molar-refractivity contribution in [2.24, 2.45) is 5.92 Å². The van der Waals surface area contributed by atoms with E-state index in [2.05, 4.69) is 24.4 Å². The molecule has 1 atom stereocenters. The molecule has 0 aromatic carbocycles. The molecule has 1 aliphatic carbocycles. The third-order valence-corrected chi connectivity index (χ3v) is 3.16. The molecule has 15 heavy (non-hydrogen) atoms. The van der Waals surface area contributed by atoms with E-state index in [-0.39, 0.29) is 5.54 Å². The van der Waals surface area contributed by atoms with Gasteiger partial charge in [0.05, 0.1) is 0 Å². The van der Waals surface area contributed by atoms with Crippen LogP contribution < -0.4 is 0 Å². The molecule has 0 saturated heterocycles. The standard InChI is InChI=1S/C14H21N/c1-11(2)13-8-6-12(7-9-13)10-14(3,4)15-5/h6,13H,1,7-10H2,2-4H3/t13-/m1/s1. The second kappa shape index (κ2) is 4.66. The van der Waals surface area contributed by atoms with Crippen LogP contribution in [0, 0.1) is 12.5 Å². The Morgan fingerprint density at radius 3 is 2.73 bits per heavy atom. The second-order valence-corrected chi connectivity index (χ2v) is 5.28. The number of nitrogens with zero attached hydrogens (tertiary/aromatic N) is 1. The van der Waals surface area contributed by atoms with Crippen LogP contribution in [0.4, 0.5) is 0 Å². The Hall–Kier alpha value is -1.03. The molecule has 0 spiro atoms. The molecule has 0 saturated carbocycles. The fourth-order valence-electron chi connectivity index (χ4n) is 2.09. The highest BCUT2D eigenvalue weighted by molar-refractivity contribution is 5.16. The van der Waals surface area contributed by atoms with Crippen molar-refractivity contribution < 1.29 is 0 Å². The average molecular weight is 203 g/mol. The summed E-state index contributed by atoms with van der Waals surface area (Å²) in [4.78, 5) is 3.66. The van der Waals surface area contributed by atoms with Crippen LogP contribution in [-0.2, 0) is 0 Å². The molecule has 0 amide bonds. The molecule has 0 N–H and O–H groups in total. The predicted octanol–water partition coefficient (Wildman–Crippen LogP) is 4.38. The van der Waals surface area contributed by atoms with Crippen LogP contribution in [0.3, 0.4) is 0 Å². The van der Waals surface area contributed by atoms with Crippen molar-refractivity contribution >= 4 is 0 Å². The first kappa shape index (κ1) is 12.0. The van der Waals surface area contributed by atoms with E-state index in [9.17, 15) is 0 Å². The van der Waals surface area contributed by atoms with Gasteiger partial charge in [-0.25, -0.2) is 6.57 Å². The summed E-state index contributed by atoms with van der Waals surface area (Å²) in [7, 11) is 0. The smallest absolute Gasteiger partial charge is 0.230 e. The van der Waals surface area contributed by atoms with E-state index in [1.54, 1.807) is 0 Å². The summed E-state index contributed by atoms with van der Waals surface area (Å²) in [6, 6.07) is 0. The maximum absolute atomic E-state index is 7.12. The monoisotopic (exact) mass is 203 g/mol. The van der Waals surface area contributed by atoms with Crippen LogP contribution in [0.1, 0.15) is 46.5 Å². The van der Waals surface area contributed by atoms with E-state index in [0.29, 0.717) is 5.92 Å². The van der Waals surface area contributed by atoms with Crippen molar-refractivity contribution in [3.8, 4) is 0 Å². The van der Waals surface area contributed by atoms with Gasteiger partial charge in [-0.05, 0) is 32.1 Å². The van der Waals surface area contributed by atoms with Gasteiger partial charge in [0.25, 0.3) is 0 Å².